The van der Waals surface area contributed by atoms with E-state index in [-0.39, 0.29) is 0 Å². The molecule has 0 bridgehead atoms. The SMILES string of the molecule is COc1ccc(Br)cc1C(Cl)C(=O)O. The van der Waals surface area contributed by atoms with Crippen molar-refractivity contribution in [1.29, 1.82) is 0 Å². The molecule has 0 aliphatic rings. The Kier molecular flexibility index (Phi) is 3.77. The van der Waals surface area contributed by atoms with Crippen molar-refractivity contribution in [2.24, 2.45) is 0 Å². The van der Waals surface area contributed by atoms with E-state index in [1.807, 2.05) is 0 Å². The van der Waals surface area contributed by atoms with Gasteiger partial charge in [-0.15, -0.1) is 11.6 Å². The fraction of sp³-hybridized carbons (Fsp3) is 0.222. The van der Waals surface area contributed by atoms with Crippen LogP contribution in [-0.4, -0.2) is 18.2 Å². The van der Waals surface area contributed by atoms with Crippen molar-refractivity contribution < 1.29 is 14.6 Å². The number of carboxylic acids is 1. The minimum Gasteiger partial charge on any atom is -0.496 e. The standard InChI is InChI=1S/C9H8BrClO3/c1-14-7-3-2-5(10)4-6(7)8(11)9(12)13/h2-4,8H,1H3,(H,12,13). The Balaban J connectivity index is 3.16. The summed E-state index contributed by atoms with van der Waals surface area (Å²) in [5.41, 5.74) is 0.441. The maximum absolute atomic E-state index is 10.7. The first-order valence-corrected chi connectivity index (χ1v) is 4.99. The molecule has 0 heterocycles. The second kappa shape index (κ2) is 4.66. The van der Waals surface area contributed by atoms with Gasteiger partial charge < -0.3 is 9.84 Å². The van der Waals surface area contributed by atoms with Crippen LogP contribution in [0.25, 0.3) is 0 Å². The van der Waals surface area contributed by atoms with Crippen molar-refractivity contribution >= 4 is 33.5 Å². The molecule has 0 saturated carbocycles. The number of aliphatic carboxylic acids is 1. The van der Waals surface area contributed by atoms with Crippen LogP contribution in [0, 0.1) is 0 Å². The first kappa shape index (κ1) is 11.3. The normalized spacial score (nSPS) is 12.2. The van der Waals surface area contributed by atoms with Gasteiger partial charge in [0.05, 0.1) is 7.11 Å². The molecule has 1 aromatic carbocycles. The zero-order valence-corrected chi connectivity index (χ0v) is 9.67. The highest BCUT2D eigenvalue weighted by atomic mass is 79.9. The number of carbonyl (C=O) groups is 1. The van der Waals surface area contributed by atoms with E-state index in [1.165, 1.54) is 7.11 Å². The Hall–Kier alpha value is -0.740. The third-order valence-corrected chi connectivity index (χ3v) is 2.60. The summed E-state index contributed by atoms with van der Waals surface area (Å²) in [6, 6.07) is 5.05. The van der Waals surface area contributed by atoms with Crippen molar-refractivity contribution in [2.75, 3.05) is 7.11 Å². The summed E-state index contributed by atoms with van der Waals surface area (Å²) in [7, 11) is 1.47. The quantitative estimate of drug-likeness (QED) is 0.866. The summed E-state index contributed by atoms with van der Waals surface area (Å²) in [5.74, 6) is -0.626. The van der Waals surface area contributed by atoms with E-state index < -0.39 is 11.3 Å². The monoisotopic (exact) mass is 278 g/mol. The van der Waals surface area contributed by atoms with E-state index in [0.717, 1.165) is 4.47 Å². The molecule has 0 spiro atoms. The van der Waals surface area contributed by atoms with Gasteiger partial charge in [-0.25, -0.2) is 0 Å². The highest BCUT2D eigenvalue weighted by Gasteiger charge is 2.20. The highest BCUT2D eigenvalue weighted by molar-refractivity contribution is 9.10. The fourth-order valence-electron chi connectivity index (χ4n) is 1.04. The molecule has 1 rings (SSSR count). The number of alkyl halides is 1. The molecule has 5 heteroatoms. The molecular weight excluding hydrogens is 271 g/mol. The minimum absolute atomic E-state index is 0.441. The second-order valence-corrected chi connectivity index (χ2v) is 3.94. The van der Waals surface area contributed by atoms with Crippen LogP contribution in [-0.2, 0) is 4.79 Å². The van der Waals surface area contributed by atoms with Crippen molar-refractivity contribution in [3.05, 3.63) is 28.2 Å². The van der Waals surface area contributed by atoms with Gasteiger partial charge in [-0.3, -0.25) is 4.79 Å². The summed E-state index contributed by atoms with van der Waals surface area (Å²) in [5, 5.41) is 7.65. The van der Waals surface area contributed by atoms with Gasteiger partial charge in [0.25, 0.3) is 0 Å². The molecule has 0 aliphatic heterocycles. The molecule has 1 atom stereocenters. The number of rotatable bonds is 3. The van der Waals surface area contributed by atoms with Crippen LogP contribution >= 0.6 is 27.5 Å². The Morgan fingerprint density at radius 3 is 2.79 bits per heavy atom. The number of hydrogen-bond acceptors (Lipinski definition) is 2. The van der Waals surface area contributed by atoms with Crippen molar-refractivity contribution in [1.82, 2.24) is 0 Å². The second-order valence-electron chi connectivity index (χ2n) is 2.59. The van der Waals surface area contributed by atoms with Crippen LogP contribution in [0.2, 0.25) is 0 Å². The first-order chi connectivity index (χ1) is 6.56. The molecule has 1 N–H and O–H groups in total. The smallest absolute Gasteiger partial charge is 0.326 e. The minimum atomic E-state index is -1.09. The van der Waals surface area contributed by atoms with Crippen LogP contribution < -0.4 is 4.74 Å². The number of hydrogen-bond donors (Lipinski definition) is 1. The topological polar surface area (TPSA) is 46.5 Å². The van der Waals surface area contributed by atoms with E-state index in [1.54, 1.807) is 18.2 Å². The van der Waals surface area contributed by atoms with Crippen molar-refractivity contribution in [3.63, 3.8) is 0 Å². The maximum Gasteiger partial charge on any atom is 0.326 e. The van der Waals surface area contributed by atoms with Gasteiger partial charge in [0.1, 0.15) is 5.75 Å². The van der Waals surface area contributed by atoms with E-state index in [2.05, 4.69) is 15.9 Å². The Labute approximate surface area is 94.8 Å². The summed E-state index contributed by atoms with van der Waals surface area (Å²) >= 11 is 8.93. The summed E-state index contributed by atoms with van der Waals surface area (Å²) in [6.45, 7) is 0. The van der Waals surface area contributed by atoms with E-state index in [0.29, 0.717) is 11.3 Å². The predicted octanol–water partition coefficient (Wildman–Crippen LogP) is 2.82. The largest absolute Gasteiger partial charge is 0.496 e. The zero-order valence-electron chi connectivity index (χ0n) is 7.33. The first-order valence-electron chi connectivity index (χ1n) is 3.76. The highest BCUT2D eigenvalue weighted by Crippen LogP contribution is 2.32. The third kappa shape index (κ3) is 2.39. The van der Waals surface area contributed by atoms with E-state index in [9.17, 15) is 4.79 Å². The molecular formula is C9H8BrClO3. The Morgan fingerprint density at radius 1 is 1.64 bits per heavy atom. The third-order valence-electron chi connectivity index (χ3n) is 1.68. The molecule has 76 valence electrons. The van der Waals surface area contributed by atoms with Crippen LogP contribution in [0.4, 0.5) is 0 Å². The molecule has 0 aliphatic carbocycles. The molecule has 1 unspecified atom stereocenters. The number of methoxy groups -OCH3 is 1. The van der Waals surface area contributed by atoms with Crippen LogP contribution in [0.5, 0.6) is 5.75 Å². The molecule has 0 fully saturated rings. The van der Waals surface area contributed by atoms with Crippen LogP contribution in [0.1, 0.15) is 10.9 Å². The fourth-order valence-corrected chi connectivity index (χ4v) is 1.59. The number of benzene rings is 1. The lowest BCUT2D eigenvalue weighted by Gasteiger charge is -2.10. The average Bonchev–Trinajstić information content (AvgIpc) is 2.16. The maximum atomic E-state index is 10.7. The van der Waals surface area contributed by atoms with Crippen LogP contribution in [0.15, 0.2) is 22.7 Å². The summed E-state index contributed by atoms with van der Waals surface area (Å²) < 4.78 is 5.77. The van der Waals surface area contributed by atoms with Crippen molar-refractivity contribution in [3.8, 4) is 5.75 Å². The summed E-state index contributed by atoms with van der Waals surface area (Å²) in [6.07, 6.45) is 0. The lowest BCUT2D eigenvalue weighted by molar-refractivity contribution is -0.136. The molecule has 14 heavy (non-hydrogen) atoms. The zero-order chi connectivity index (χ0) is 10.7. The number of halogens is 2. The molecule has 0 saturated heterocycles. The number of ether oxygens (including phenoxy) is 1. The molecule has 3 nitrogen and oxygen atoms in total. The van der Waals surface area contributed by atoms with Crippen LogP contribution in [0.3, 0.4) is 0 Å². The van der Waals surface area contributed by atoms with E-state index >= 15 is 0 Å². The molecule has 1 aromatic rings. The van der Waals surface area contributed by atoms with Gasteiger partial charge in [-0.05, 0) is 18.2 Å². The van der Waals surface area contributed by atoms with Gasteiger partial charge >= 0.3 is 5.97 Å². The lowest BCUT2D eigenvalue weighted by Crippen LogP contribution is -2.06. The van der Waals surface area contributed by atoms with Gasteiger partial charge in [0.15, 0.2) is 5.38 Å². The Morgan fingerprint density at radius 2 is 2.29 bits per heavy atom. The van der Waals surface area contributed by atoms with Gasteiger partial charge in [0, 0.05) is 10.0 Å². The van der Waals surface area contributed by atoms with E-state index in [4.69, 9.17) is 21.4 Å². The Bertz CT molecular complexity index is 354. The molecule has 0 radical (unpaired) electrons. The average molecular weight is 280 g/mol. The van der Waals surface area contributed by atoms with Gasteiger partial charge in [0.2, 0.25) is 0 Å². The van der Waals surface area contributed by atoms with Gasteiger partial charge in [-0.2, -0.15) is 0 Å². The molecule has 0 amide bonds. The number of carboxylic acid groups (broad SMARTS) is 1. The van der Waals surface area contributed by atoms with Gasteiger partial charge in [-0.1, -0.05) is 15.9 Å². The van der Waals surface area contributed by atoms with Crippen molar-refractivity contribution in [2.45, 2.75) is 5.38 Å². The molecule has 0 aromatic heterocycles. The lowest BCUT2D eigenvalue weighted by atomic mass is 10.1. The summed E-state index contributed by atoms with van der Waals surface area (Å²) in [4.78, 5) is 10.7. The predicted molar refractivity (Wildman–Crippen MR) is 56.9 cm³/mol.